The van der Waals surface area contributed by atoms with Crippen LogP contribution in [0.25, 0.3) is 0 Å². The molecule has 1 aromatic heterocycles. The zero-order valence-corrected chi connectivity index (χ0v) is 13.6. The molecule has 1 unspecified atom stereocenters. The van der Waals surface area contributed by atoms with Crippen LogP contribution in [-0.2, 0) is 9.59 Å². The Morgan fingerprint density at radius 1 is 1.23 bits per heavy atom. The van der Waals surface area contributed by atoms with E-state index in [1.807, 2.05) is 11.1 Å². The normalized spacial score (nSPS) is 21.3. The fraction of sp³-hybridized carbons (Fsp3) is 0.438. The molecule has 3 rings (SSSR count). The third-order valence-electron chi connectivity index (χ3n) is 3.97. The summed E-state index contributed by atoms with van der Waals surface area (Å²) in [7, 11) is 0. The Hall–Kier alpha value is -1.95. The first kappa shape index (κ1) is 15.0. The molecule has 1 fully saturated rings. The van der Waals surface area contributed by atoms with Crippen molar-refractivity contribution in [2.45, 2.75) is 32.7 Å². The number of nitrogens with zero attached hydrogens (tertiary/aromatic N) is 3. The quantitative estimate of drug-likeness (QED) is 0.801. The number of carbonyl (C=O) groups excluding carboxylic acids is 2. The van der Waals surface area contributed by atoms with Crippen molar-refractivity contribution in [3.8, 4) is 0 Å². The van der Waals surface area contributed by atoms with Crippen molar-refractivity contribution in [1.82, 2.24) is 9.80 Å². The van der Waals surface area contributed by atoms with Gasteiger partial charge in [0.15, 0.2) is 0 Å². The highest BCUT2D eigenvalue weighted by atomic mass is 32.1. The Balaban J connectivity index is 1.58. The molecule has 116 valence electrons. The minimum atomic E-state index is -0.0647. The maximum atomic E-state index is 11.6. The molecule has 0 N–H and O–H groups in total. The maximum Gasteiger partial charge on any atom is 0.229 e. The van der Waals surface area contributed by atoms with E-state index in [1.54, 1.807) is 17.7 Å². The van der Waals surface area contributed by atoms with Crippen molar-refractivity contribution < 1.29 is 9.59 Å². The summed E-state index contributed by atoms with van der Waals surface area (Å²) in [5, 5.41) is 0. The standard InChI is InChI=1S/C16H19N3O2S/c1-11-9-13(12(2)22-11)14-5-6-18(10-17-14)7-8-19-15(20)3-4-16(19)21/h5-6,9-10,14H,3-4,7-8H2,1-2H3. The predicted octanol–water partition coefficient (Wildman–Crippen LogP) is 2.41. The summed E-state index contributed by atoms with van der Waals surface area (Å²) in [5.74, 6) is -0.129. The molecule has 0 radical (unpaired) electrons. The molecular weight excluding hydrogens is 298 g/mol. The maximum absolute atomic E-state index is 11.6. The average Bonchev–Trinajstić information content (AvgIpc) is 3.00. The van der Waals surface area contributed by atoms with E-state index in [0.717, 1.165) is 0 Å². The second-order valence-corrected chi connectivity index (χ2v) is 7.06. The van der Waals surface area contributed by atoms with Gasteiger partial charge in [0, 0.05) is 41.9 Å². The SMILES string of the molecule is Cc1cc(C2C=CN(CCN3C(=O)CCC3=O)C=N2)c(C)s1. The number of carbonyl (C=O) groups is 2. The first-order valence-electron chi connectivity index (χ1n) is 7.42. The molecule has 1 aromatic rings. The fourth-order valence-electron chi connectivity index (χ4n) is 2.79. The highest BCUT2D eigenvalue weighted by molar-refractivity contribution is 7.12. The van der Waals surface area contributed by atoms with E-state index in [2.05, 4.69) is 31.0 Å². The second-order valence-electron chi connectivity index (χ2n) is 5.60. The number of hydrogen-bond acceptors (Lipinski definition) is 5. The zero-order valence-electron chi connectivity index (χ0n) is 12.8. The molecule has 22 heavy (non-hydrogen) atoms. The van der Waals surface area contributed by atoms with Crippen LogP contribution in [0.1, 0.15) is 34.2 Å². The smallest absolute Gasteiger partial charge is 0.229 e. The first-order chi connectivity index (χ1) is 10.5. The van der Waals surface area contributed by atoms with Crippen LogP contribution in [0.5, 0.6) is 0 Å². The van der Waals surface area contributed by atoms with E-state index in [1.165, 1.54) is 20.2 Å². The van der Waals surface area contributed by atoms with Gasteiger partial charge in [-0.2, -0.15) is 0 Å². The van der Waals surface area contributed by atoms with Gasteiger partial charge < -0.3 is 4.90 Å². The van der Waals surface area contributed by atoms with Gasteiger partial charge in [0.1, 0.15) is 0 Å². The van der Waals surface area contributed by atoms with Gasteiger partial charge in [-0.25, -0.2) is 0 Å². The Morgan fingerprint density at radius 2 is 1.95 bits per heavy atom. The van der Waals surface area contributed by atoms with Crippen LogP contribution in [0.3, 0.4) is 0 Å². The van der Waals surface area contributed by atoms with Crippen LogP contribution in [0.2, 0.25) is 0 Å². The lowest BCUT2D eigenvalue weighted by Gasteiger charge is -2.23. The molecule has 2 aliphatic rings. The summed E-state index contributed by atoms with van der Waals surface area (Å²) in [5.41, 5.74) is 1.25. The molecule has 0 saturated carbocycles. The summed E-state index contributed by atoms with van der Waals surface area (Å²) in [4.78, 5) is 33.6. The van der Waals surface area contributed by atoms with Gasteiger partial charge in [-0.05, 0) is 31.6 Å². The van der Waals surface area contributed by atoms with Crippen molar-refractivity contribution in [1.29, 1.82) is 0 Å². The van der Waals surface area contributed by atoms with Gasteiger partial charge in [0.2, 0.25) is 11.8 Å². The van der Waals surface area contributed by atoms with Crippen molar-refractivity contribution in [2.75, 3.05) is 13.1 Å². The molecule has 1 atom stereocenters. The Kier molecular flexibility index (Phi) is 4.11. The number of aliphatic imine (C=N–C) groups is 1. The second kappa shape index (κ2) is 6.04. The van der Waals surface area contributed by atoms with Crippen LogP contribution in [0.4, 0.5) is 0 Å². The molecule has 6 heteroatoms. The van der Waals surface area contributed by atoms with Crippen LogP contribution >= 0.6 is 11.3 Å². The van der Waals surface area contributed by atoms with E-state index < -0.39 is 0 Å². The van der Waals surface area contributed by atoms with E-state index >= 15 is 0 Å². The lowest BCUT2D eigenvalue weighted by atomic mass is 10.1. The summed E-state index contributed by atoms with van der Waals surface area (Å²) in [6, 6.07) is 2.25. The number of hydrogen-bond donors (Lipinski definition) is 0. The number of rotatable bonds is 4. The molecule has 2 aliphatic heterocycles. The summed E-state index contributed by atoms with van der Waals surface area (Å²) >= 11 is 1.79. The predicted molar refractivity (Wildman–Crippen MR) is 86.8 cm³/mol. The van der Waals surface area contributed by atoms with Gasteiger partial charge in [0.05, 0.1) is 12.4 Å². The third-order valence-corrected chi connectivity index (χ3v) is 4.95. The molecular formula is C16H19N3O2S. The Labute approximate surface area is 133 Å². The molecule has 1 saturated heterocycles. The molecule has 0 aromatic carbocycles. The molecule has 0 aliphatic carbocycles. The summed E-state index contributed by atoms with van der Waals surface area (Å²) in [6.07, 6.45) is 6.53. The lowest BCUT2D eigenvalue weighted by molar-refractivity contribution is -0.138. The van der Waals surface area contributed by atoms with Crippen LogP contribution in [0.15, 0.2) is 23.3 Å². The summed E-state index contributed by atoms with van der Waals surface area (Å²) < 4.78 is 0. The average molecular weight is 317 g/mol. The van der Waals surface area contributed by atoms with Crippen molar-refractivity contribution >= 4 is 29.5 Å². The van der Waals surface area contributed by atoms with Gasteiger partial charge in [-0.1, -0.05) is 0 Å². The van der Waals surface area contributed by atoms with Gasteiger partial charge in [-0.15, -0.1) is 11.3 Å². The molecule has 5 nitrogen and oxygen atoms in total. The van der Waals surface area contributed by atoms with E-state index in [0.29, 0.717) is 25.9 Å². The highest BCUT2D eigenvalue weighted by Crippen LogP contribution is 2.30. The third kappa shape index (κ3) is 2.97. The van der Waals surface area contributed by atoms with Gasteiger partial charge in [-0.3, -0.25) is 19.5 Å². The molecule has 0 spiro atoms. The van der Waals surface area contributed by atoms with E-state index in [-0.39, 0.29) is 17.9 Å². The van der Waals surface area contributed by atoms with E-state index in [4.69, 9.17) is 0 Å². The summed E-state index contributed by atoms with van der Waals surface area (Å²) in [6.45, 7) is 5.24. The molecule has 3 heterocycles. The van der Waals surface area contributed by atoms with Crippen molar-refractivity contribution in [2.24, 2.45) is 4.99 Å². The number of aryl methyl sites for hydroxylation is 2. The number of imide groups is 1. The van der Waals surface area contributed by atoms with Crippen LogP contribution in [-0.4, -0.2) is 41.0 Å². The monoisotopic (exact) mass is 317 g/mol. The fourth-order valence-corrected chi connectivity index (χ4v) is 3.75. The Morgan fingerprint density at radius 3 is 2.50 bits per heavy atom. The number of likely N-dealkylation sites (tertiary alicyclic amines) is 1. The molecule has 0 bridgehead atoms. The van der Waals surface area contributed by atoms with E-state index in [9.17, 15) is 9.59 Å². The molecule has 2 amide bonds. The minimum Gasteiger partial charge on any atom is -0.338 e. The first-order valence-corrected chi connectivity index (χ1v) is 8.24. The Bertz CT molecular complexity index is 632. The number of amides is 2. The minimum absolute atomic E-state index is 0.0647. The number of thiophene rings is 1. The topological polar surface area (TPSA) is 53.0 Å². The van der Waals surface area contributed by atoms with Crippen LogP contribution < -0.4 is 0 Å². The van der Waals surface area contributed by atoms with Crippen molar-refractivity contribution in [3.05, 3.63) is 33.7 Å². The van der Waals surface area contributed by atoms with Gasteiger partial charge in [0.25, 0.3) is 0 Å². The highest BCUT2D eigenvalue weighted by Gasteiger charge is 2.28. The van der Waals surface area contributed by atoms with Crippen molar-refractivity contribution in [3.63, 3.8) is 0 Å². The lowest BCUT2D eigenvalue weighted by Crippen LogP contribution is -2.36. The zero-order chi connectivity index (χ0) is 15.7. The van der Waals surface area contributed by atoms with Gasteiger partial charge >= 0.3 is 0 Å². The van der Waals surface area contributed by atoms with Crippen LogP contribution in [0, 0.1) is 13.8 Å². The largest absolute Gasteiger partial charge is 0.338 e.